The highest BCUT2D eigenvalue weighted by Crippen LogP contribution is 2.49. The summed E-state index contributed by atoms with van der Waals surface area (Å²) in [6.07, 6.45) is 8.09. The fraction of sp³-hybridized carbons (Fsp3) is 0.595. The second kappa shape index (κ2) is 13.6. The van der Waals surface area contributed by atoms with E-state index in [-0.39, 0.29) is 25.8 Å². The SMILES string of the molecule is Cc1nc2ccccc2c2c1O[C@]1(CC2)C[C@H]2C(=O)N[C@]3(C(=O)NS(=O)(=O)C4(C)CC4)C[C@H]3/C=C\CCCCC[C@H](NC(=O)OCCF)C(=O)N2C1. The summed E-state index contributed by atoms with van der Waals surface area (Å²) in [4.78, 5) is 61.7. The van der Waals surface area contributed by atoms with E-state index in [2.05, 4.69) is 15.4 Å². The van der Waals surface area contributed by atoms with Crippen LogP contribution in [0.15, 0.2) is 36.4 Å². The molecule has 1 saturated heterocycles. The number of ether oxygens (including phenoxy) is 2. The first kappa shape index (κ1) is 36.1. The van der Waals surface area contributed by atoms with Gasteiger partial charge in [-0.1, -0.05) is 43.2 Å². The third kappa shape index (κ3) is 6.71. The number of halogens is 1. The number of sulfonamides is 1. The number of fused-ring (bicyclic) bond motifs is 5. The summed E-state index contributed by atoms with van der Waals surface area (Å²) in [5, 5.41) is 6.47. The van der Waals surface area contributed by atoms with E-state index >= 15 is 0 Å². The molecule has 2 aromatic rings. The van der Waals surface area contributed by atoms with Crippen LogP contribution in [0.25, 0.3) is 10.9 Å². The molecule has 0 radical (unpaired) electrons. The molecule has 0 bridgehead atoms. The van der Waals surface area contributed by atoms with Gasteiger partial charge in [0, 0.05) is 23.3 Å². The van der Waals surface area contributed by atoms with Gasteiger partial charge >= 0.3 is 6.09 Å². The Morgan fingerprint density at radius 3 is 2.69 bits per heavy atom. The first-order chi connectivity index (χ1) is 24.8. The van der Waals surface area contributed by atoms with Gasteiger partial charge < -0.3 is 25.0 Å². The maximum absolute atomic E-state index is 14.5. The van der Waals surface area contributed by atoms with Crippen molar-refractivity contribution in [3.05, 3.63) is 47.7 Å². The number of carbonyl (C=O) groups is 4. The smallest absolute Gasteiger partial charge is 0.407 e. The zero-order chi connectivity index (χ0) is 36.9. The molecule has 13 nitrogen and oxygen atoms in total. The van der Waals surface area contributed by atoms with Crippen molar-refractivity contribution in [2.45, 2.75) is 112 Å². The Kier molecular flexibility index (Phi) is 9.45. The van der Waals surface area contributed by atoms with E-state index < -0.39 is 81.0 Å². The number of para-hydroxylation sites is 1. The number of alkyl carbamates (subject to hydrolysis) is 1. The molecule has 5 atom stereocenters. The summed E-state index contributed by atoms with van der Waals surface area (Å²) in [7, 11) is -3.99. The molecule has 7 rings (SSSR count). The summed E-state index contributed by atoms with van der Waals surface area (Å²) in [6, 6.07) is 5.60. The number of hydrogen-bond donors (Lipinski definition) is 3. The number of hydrogen-bond acceptors (Lipinski definition) is 9. The van der Waals surface area contributed by atoms with Crippen molar-refractivity contribution in [3.63, 3.8) is 0 Å². The number of nitrogens with one attached hydrogen (secondary N) is 3. The number of pyridine rings is 1. The van der Waals surface area contributed by atoms with Gasteiger partial charge in [0.05, 0.1) is 22.5 Å². The highest BCUT2D eigenvalue weighted by Gasteiger charge is 2.64. The number of benzene rings is 1. The molecule has 5 aliphatic rings. The van der Waals surface area contributed by atoms with Crippen molar-refractivity contribution < 1.29 is 41.5 Å². The van der Waals surface area contributed by atoms with E-state index in [0.717, 1.165) is 29.3 Å². The number of alkyl halides is 1. The maximum atomic E-state index is 14.5. The molecule has 280 valence electrons. The summed E-state index contributed by atoms with van der Waals surface area (Å²) in [5.74, 6) is -1.79. The Morgan fingerprint density at radius 1 is 1.13 bits per heavy atom. The van der Waals surface area contributed by atoms with E-state index in [1.807, 2.05) is 43.3 Å². The van der Waals surface area contributed by atoms with Crippen molar-refractivity contribution in [3.8, 4) is 5.75 Å². The number of aromatic nitrogens is 1. The molecule has 1 aromatic heterocycles. The van der Waals surface area contributed by atoms with Crippen LogP contribution in [0, 0.1) is 12.8 Å². The zero-order valence-corrected chi connectivity index (χ0v) is 30.4. The Hall–Kier alpha value is -4.27. The van der Waals surface area contributed by atoms with Gasteiger partial charge in [0.25, 0.3) is 5.91 Å². The molecule has 3 fully saturated rings. The van der Waals surface area contributed by atoms with Crippen LogP contribution in [-0.2, 0) is 35.6 Å². The third-order valence-corrected chi connectivity index (χ3v) is 13.6. The number of nitrogens with zero attached hydrogens (tertiary/aromatic N) is 2. The van der Waals surface area contributed by atoms with E-state index in [9.17, 15) is 32.0 Å². The Labute approximate surface area is 302 Å². The van der Waals surface area contributed by atoms with Crippen LogP contribution in [0.4, 0.5) is 9.18 Å². The topological polar surface area (TPSA) is 173 Å². The van der Waals surface area contributed by atoms with Crippen LogP contribution in [0.5, 0.6) is 5.75 Å². The minimum absolute atomic E-state index is 0.0165. The molecule has 52 heavy (non-hydrogen) atoms. The van der Waals surface area contributed by atoms with Crippen LogP contribution in [0.1, 0.15) is 82.4 Å². The minimum Gasteiger partial charge on any atom is -0.483 e. The normalized spacial score (nSPS) is 30.4. The summed E-state index contributed by atoms with van der Waals surface area (Å²) < 4.78 is 52.0. The first-order valence-corrected chi connectivity index (χ1v) is 19.7. The molecule has 3 N–H and O–H groups in total. The van der Waals surface area contributed by atoms with Gasteiger partial charge in [-0.05, 0) is 71.3 Å². The number of rotatable bonds is 6. The number of allylic oxidation sites excluding steroid dienone is 1. The number of carbonyl (C=O) groups excluding carboxylic acids is 4. The molecule has 2 saturated carbocycles. The average molecular weight is 740 g/mol. The lowest BCUT2D eigenvalue weighted by Gasteiger charge is -2.36. The lowest BCUT2D eigenvalue weighted by molar-refractivity contribution is -0.141. The molecule has 4 amide bonds. The molecular formula is C37H46FN5O8S. The van der Waals surface area contributed by atoms with Crippen LogP contribution in [-0.4, -0.2) is 89.9 Å². The van der Waals surface area contributed by atoms with Crippen molar-refractivity contribution >= 4 is 44.7 Å². The van der Waals surface area contributed by atoms with E-state index in [1.165, 1.54) is 4.90 Å². The molecule has 1 aromatic carbocycles. The number of amides is 4. The summed E-state index contributed by atoms with van der Waals surface area (Å²) in [6.45, 7) is 2.12. The molecule has 1 spiro atoms. The maximum Gasteiger partial charge on any atom is 0.407 e. The Balaban J connectivity index is 1.22. The van der Waals surface area contributed by atoms with Crippen molar-refractivity contribution in [2.75, 3.05) is 19.8 Å². The van der Waals surface area contributed by atoms with Gasteiger partial charge in [-0.15, -0.1) is 0 Å². The van der Waals surface area contributed by atoms with E-state index in [1.54, 1.807) is 6.92 Å². The highest BCUT2D eigenvalue weighted by atomic mass is 32.2. The van der Waals surface area contributed by atoms with Crippen molar-refractivity contribution in [2.24, 2.45) is 5.92 Å². The average Bonchev–Trinajstić information content (AvgIpc) is 4.01. The fourth-order valence-electron chi connectivity index (χ4n) is 7.96. The van der Waals surface area contributed by atoms with Gasteiger partial charge in [0.2, 0.25) is 21.8 Å². The van der Waals surface area contributed by atoms with Crippen LogP contribution < -0.4 is 20.1 Å². The quantitative estimate of drug-likeness (QED) is 0.374. The standard InChI is InChI=1S/C37H46FN5O8S/c1-23-30-26(25-11-8-9-12-27(25)39-23)14-15-36(51-30)21-29-31(44)41-37(33(46)42-52(48,49)35(2)16-17-35)20-24(37)10-6-4-3-5-7-13-28(32(45)43(29)22-36)40-34(47)50-19-18-38/h6,8-12,24,28-29H,3-5,7,13-22H2,1-2H3,(H,40,47)(H,41,44)(H,42,46)/b10-6-/t24-,28+,29+,36-,37-/m1/s1. The molecule has 0 unspecified atom stereocenters. The Bertz CT molecular complexity index is 1940. The molecule has 3 aliphatic heterocycles. The van der Waals surface area contributed by atoms with Gasteiger partial charge in [0.15, 0.2) is 0 Å². The van der Waals surface area contributed by atoms with Gasteiger partial charge in [-0.3, -0.25) is 19.1 Å². The summed E-state index contributed by atoms with van der Waals surface area (Å²) in [5.41, 5.74) is 0.000656. The second-order valence-electron chi connectivity index (χ2n) is 15.2. The van der Waals surface area contributed by atoms with Crippen LogP contribution >= 0.6 is 0 Å². The van der Waals surface area contributed by atoms with Crippen LogP contribution in [0.3, 0.4) is 0 Å². The fourth-order valence-corrected chi connectivity index (χ4v) is 9.27. The molecular weight excluding hydrogens is 693 g/mol. The predicted molar refractivity (Wildman–Crippen MR) is 188 cm³/mol. The minimum atomic E-state index is -3.99. The number of aryl methyl sites for hydroxylation is 2. The lowest BCUT2D eigenvalue weighted by atomic mass is 9.87. The van der Waals surface area contributed by atoms with Gasteiger partial charge in [0.1, 0.15) is 42.3 Å². The first-order valence-electron chi connectivity index (χ1n) is 18.2. The van der Waals surface area contributed by atoms with Crippen molar-refractivity contribution in [1.29, 1.82) is 0 Å². The van der Waals surface area contributed by atoms with Gasteiger partial charge in [-0.2, -0.15) is 0 Å². The summed E-state index contributed by atoms with van der Waals surface area (Å²) >= 11 is 0. The van der Waals surface area contributed by atoms with Crippen molar-refractivity contribution in [1.82, 2.24) is 25.2 Å². The predicted octanol–water partition coefficient (Wildman–Crippen LogP) is 3.67. The van der Waals surface area contributed by atoms with Crippen LogP contribution in [0.2, 0.25) is 0 Å². The molecule has 15 heteroatoms. The Morgan fingerprint density at radius 2 is 1.92 bits per heavy atom. The van der Waals surface area contributed by atoms with E-state index in [0.29, 0.717) is 50.0 Å². The van der Waals surface area contributed by atoms with E-state index in [4.69, 9.17) is 14.5 Å². The lowest BCUT2D eigenvalue weighted by Crippen LogP contribution is -2.58. The third-order valence-electron chi connectivity index (χ3n) is 11.5. The zero-order valence-electron chi connectivity index (χ0n) is 29.5. The molecule has 4 heterocycles. The highest BCUT2D eigenvalue weighted by molar-refractivity contribution is 7.91. The second-order valence-corrected chi connectivity index (χ2v) is 17.4. The monoisotopic (exact) mass is 739 g/mol. The van der Waals surface area contributed by atoms with Gasteiger partial charge in [-0.25, -0.2) is 22.6 Å². The largest absolute Gasteiger partial charge is 0.483 e. The molecule has 2 aliphatic carbocycles.